The predicted molar refractivity (Wildman–Crippen MR) is 201 cm³/mol. The maximum atomic E-state index is 2.39. The summed E-state index contributed by atoms with van der Waals surface area (Å²) in [4.78, 5) is 0. The molecule has 45 heavy (non-hydrogen) atoms. The molecule has 0 N–H and O–H groups in total. The Bertz CT molecular complexity index is 2340. The third-order valence-electron chi connectivity index (χ3n) is 9.46. The molecule has 0 radical (unpaired) electrons. The molecule has 0 spiro atoms. The van der Waals surface area contributed by atoms with Gasteiger partial charge >= 0.3 is 0 Å². The maximum Gasteiger partial charge on any atom is 0.0355 e. The second-order valence-electron chi connectivity index (χ2n) is 12.6. The van der Waals surface area contributed by atoms with Crippen LogP contribution in [0.15, 0.2) is 121 Å². The van der Waals surface area contributed by atoms with Gasteiger partial charge in [0.25, 0.3) is 0 Å². The van der Waals surface area contributed by atoms with E-state index in [9.17, 15) is 0 Å². The molecule has 0 atom stereocenters. The standard InChI is InChI=1S/C43H30S2/c1-43(2)37-25-29(13-11-27-17-21-41-35(23-27)33-7-3-5-9-39(33)44-41)15-19-31(37)32-20-16-30(26-38(32)43)14-12-28-18-22-42-36(24-28)34-8-4-6-10-40(34)45-42/h3-26H,1-2H3/b13-11+,14-12+. The number of fused-ring (bicyclic) bond motifs is 9. The summed E-state index contributed by atoms with van der Waals surface area (Å²) in [5, 5.41) is 5.37. The van der Waals surface area contributed by atoms with Crippen molar-refractivity contribution in [2.45, 2.75) is 19.3 Å². The molecule has 1 aliphatic rings. The van der Waals surface area contributed by atoms with Crippen LogP contribution in [0, 0.1) is 0 Å². The van der Waals surface area contributed by atoms with Crippen LogP contribution in [0.25, 0.3) is 75.8 Å². The fraction of sp³-hybridized carbons (Fsp3) is 0.0698. The monoisotopic (exact) mass is 610 g/mol. The SMILES string of the molecule is CC1(C)c2cc(/C=C/c3ccc4sc5ccccc5c4c3)ccc2-c2ccc(/C=C/c3ccc4sc5ccccc5c4c3)cc21. The zero-order valence-electron chi connectivity index (χ0n) is 25.2. The fourth-order valence-electron chi connectivity index (χ4n) is 7.06. The van der Waals surface area contributed by atoms with Gasteiger partial charge in [0.1, 0.15) is 0 Å². The van der Waals surface area contributed by atoms with Crippen LogP contribution < -0.4 is 0 Å². The summed E-state index contributed by atoms with van der Waals surface area (Å²) in [6.07, 6.45) is 9.03. The normalized spacial score (nSPS) is 14.0. The highest BCUT2D eigenvalue weighted by Crippen LogP contribution is 2.49. The van der Waals surface area contributed by atoms with E-state index in [4.69, 9.17) is 0 Å². The molecule has 2 heterocycles. The molecule has 0 fully saturated rings. The molecule has 2 aromatic heterocycles. The van der Waals surface area contributed by atoms with Gasteiger partial charge in [0, 0.05) is 45.8 Å². The minimum atomic E-state index is -0.0681. The number of hydrogen-bond donors (Lipinski definition) is 0. The van der Waals surface area contributed by atoms with Gasteiger partial charge in [0.2, 0.25) is 0 Å². The first kappa shape index (κ1) is 26.6. The Hall–Kier alpha value is -4.76. The highest BCUT2D eigenvalue weighted by molar-refractivity contribution is 7.26. The van der Waals surface area contributed by atoms with Crippen LogP contribution in [0.5, 0.6) is 0 Å². The summed E-state index contributed by atoms with van der Waals surface area (Å²) in [5.41, 5.74) is 10.4. The van der Waals surface area contributed by atoms with Crippen LogP contribution in [-0.2, 0) is 5.41 Å². The average molecular weight is 611 g/mol. The Labute approximate surface area is 271 Å². The van der Waals surface area contributed by atoms with Crippen LogP contribution in [0.2, 0.25) is 0 Å². The van der Waals surface area contributed by atoms with Gasteiger partial charge < -0.3 is 0 Å². The lowest BCUT2D eigenvalue weighted by molar-refractivity contribution is 0.660. The van der Waals surface area contributed by atoms with E-state index in [1.807, 2.05) is 22.7 Å². The minimum absolute atomic E-state index is 0.0681. The summed E-state index contributed by atoms with van der Waals surface area (Å²) >= 11 is 3.74. The molecule has 0 unspecified atom stereocenters. The van der Waals surface area contributed by atoms with Gasteiger partial charge in [-0.3, -0.25) is 0 Å². The third-order valence-corrected chi connectivity index (χ3v) is 11.8. The van der Waals surface area contributed by atoms with Gasteiger partial charge in [-0.05, 0) is 80.9 Å². The van der Waals surface area contributed by atoms with E-state index in [2.05, 4.69) is 159 Å². The van der Waals surface area contributed by atoms with E-state index in [0.717, 1.165) is 0 Å². The van der Waals surface area contributed by atoms with Gasteiger partial charge in [-0.25, -0.2) is 0 Å². The smallest absolute Gasteiger partial charge is 0.0355 e. The topological polar surface area (TPSA) is 0 Å². The van der Waals surface area contributed by atoms with E-state index in [1.165, 1.54) is 84.9 Å². The number of rotatable bonds is 4. The maximum absolute atomic E-state index is 2.39. The van der Waals surface area contributed by atoms with Crippen LogP contribution >= 0.6 is 22.7 Å². The van der Waals surface area contributed by atoms with Gasteiger partial charge in [0.05, 0.1) is 0 Å². The second-order valence-corrected chi connectivity index (χ2v) is 14.8. The summed E-state index contributed by atoms with van der Waals surface area (Å²) in [5.74, 6) is 0. The lowest BCUT2D eigenvalue weighted by atomic mass is 9.81. The van der Waals surface area contributed by atoms with Gasteiger partial charge in [0.15, 0.2) is 0 Å². The Morgan fingerprint density at radius 3 is 1.24 bits per heavy atom. The Balaban J connectivity index is 1.00. The van der Waals surface area contributed by atoms with Crippen molar-refractivity contribution in [3.63, 3.8) is 0 Å². The molecule has 214 valence electrons. The highest BCUT2D eigenvalue weighted by Gasteiger charge is 2.35. The summed E-state index contributed by atoms with van der Waals surface area (Å²) in [6, 6.07) is 45.0. The van der Waals surface area contributed by atoms with E-state index in [0.29, 0.717) is 0 Å². The lowest BCUT2D eigenvalue weighted by Gasteiger charge is -2.22. The molecular formula is C43H30S2. The predicted octanol–water partition coefficient (Wildman–Crippen LogP) is 13.1. The number of hydrogen-bond acceptors (Lipinski definition) is 2. The molecule has 0 aliphatic heterocycles. The van der Waals surface area contributed by atoms with Gasteiger partial charge in [-0.1, -0.05) is 123 Å². The molecule has 0 saturated heterocycles. The number of thiophene rings is 2. The largest absolute Gasteiger partial charge is 0.135 e. The molecular weight excluding hydrogens is 581 g/mol. The van der Waals surface area contributed by atoms with Crippen molar-refractivity contribution in [1.29, 1.82) is 0 Å². The quantitative estimate of drug-likeness (QED) is 0.174. The Morgan fingerprint density at radius 1 is 0.400 bits per heavy atom. The van der Waals surface area contributed by atoms with E-state index in [1.54, 1.807) is 0 Å². The zero-order valence-corrected chi connectivity index (χ0v) is 26.8. The molecule has 1 aliphatic carbocycles. The minimum Gasteiger partial charge on any atom is -0.135 e. The van der Waals surface area contributed by atoms with Crippen molar-refractivity contribution < 1.29 is 0 Å². The molecule has 6 aromatic carbocycles. The van der Waals surface area contributed by atoms with E-state index < -0.39 is 0 Å². The van der Waals surface area contributed by atoms with Crippen molar-refractivity contribution in [3.8, 4) is 11.1 Å². The second kappa shape index (κ2) is 10.1. The van der Waals surface area contributed by atoms with Crippen LogP contribution in [-0.4, -0.2) is 0 Å². The summed E-state index contributed by atoms with van der Waals surface area (Å²) in [7, 11) is 0. The van der Waals surface area contributed by atoms with Crippen molar-refractivity contribution in [2.24, 2.45) is 0 Å². The zero-order chi connectivity index (χ0) is 30.1. The van der Waals surface area contributed by atoms with E-state index in [-0.39, 0.29) is 5.41 Å². The average Bonchev–Trinajstić information content (AvgIpc) is 3.70. The molecule has 0 bridgehead atoms. The molecule has 0 saturated carbocycles. The molecule has 9 rings (SSSR count). The van der Waals surface area contributed by atoms with Crippen molar-refractivity contribution in [1.82, 2.24) is 0 Å². The lowest BCUT2D eigenvalue weighted by Crippen LogP contribution is -2.15. The van der Waals surface area contributed by atoms with Crippen molar-refractivity contribution in [3.05, 3.63) is 155 Å². The molecule has 8 aromatic rings. The number of benzene rings is 6. The van der Waals surface area contributed by atoms with Gasteiger partial charge in [-0.15, -0.1) is 22.7 Å². The van der Waals surface area contributed by atoms with Crippen molar-refractivity contribution in [2.75, 3.05) is 0 Å². The third kappa shape index (κ3) is 4.40. The molecule has 0 nitrogen and oxygen atoms in total. The fourth-order valence-corrected chi connectivity index (χ4v) is 9.23. The summed E-state index contributed by atoms with van der Waals surface area (Å²) < 4.78 is 5.39. The van der Waals surface area contributed by atoms with Gasteiger partial charge in [-0.2, -0.15) is 0 Å². The molecule has 0 amide bonds. The summed E-state index contributed by atoms with van der Waals surface area (Å²) in [6.45, 7) is 4.73. The first-order valence-corrected chi connectivity index (χ1v) is 17.1. The Kier molecular flexibility index (Phi) is 6.00. The van der Waals surface area contributed by atoms with Crippen molar-refractivity contribution >= 4 is 87.3 Å². The first-order chi connectivity index (χ1) is 22.0. The van der Waals surface area contributed by atoms with E-state index >= 15 is 0 Å². The first-order valence-electron chi connectivity index (χ1n) is 15.5. The Morgan fingerprint density at radius 2 is 0.778 bits per heavy atom. The van der Waals surface area contributed by atoms with Crippen LogP contribution in [0.4, 0.5) is 0 Å². The highest BCUT2D eigenvalue weighted by atomic mass is 32.1. The molecule has 2 heteroatoms. The van der Waals surface area contributed by atoms with Crippen LogP contribution in [0.3, 0.4) is 0 Å². The van der Waals surface area contributed by atoms with Crippen LogP contribution in [0.1, 0.15) is 47.2 Å².